The lowest BCUT2D eigenvalue weighted by Crippen LogP contribution is -1.87. The molecule has 0 aliphatic heterocycles. The molecule has 60 valence electrons. The number of benzene rings is 1. The van der Waals surface area contributed by atoms with E-state index in [2.05, 4.69) is 20.9 Å². The van der Waals surface area contributed by atoms with Crippen LogP contribution in [0.25, 0.3) is 5.69 Å². The van der Waals surface area contributed by atoms with E-state index in [1.807, 2.05) is 0 Å². The molecule has 0 aliphatic carbocycles. The van der Waals surface area contributed by atoms with E-state index in [9.17, 15) is 0 Å². The second-order valence-corrected chi connectivity index (χ2v) is 2.67. The summed E-state index contributed by atoms with van der Waals surface area (Å²) in [6.07, 6.45) is -0.626. The number of nitrogens with zero attached hydrogens (tertiary/aromatic N) is 2. The smallest absolute Gasteiger partial charge is 0.124 e. The highest BCUT2D eigenvalue weighted by Crippen LogP contribution is 2.10. The monoisotopic (exact) mass is 229 g/mol. The topological polar surface area (TPSA) is 17.8 Å². The molecule has 0 amide bonds. The van der Waals surface area contributed by atoms with Gasteiger partial charge in [-0.1, -0.05) is 18.1 Å². The van der Waals surface area contributed by atoms with Gasteiger partial charge in [0.1, 0.15) is 12.3 Å². The van der Waals surface area contributed by atoms with Crippen molar-refractivity contribution in [1.82, 2.24) is 9.55 Å². The normalized spacial score (nSPS) is 18.2. The molecule has 1 heterocycles. The highest BCUT2D eigenvalue weighted by Gasteiger charge is 1.95. The first-order valence-electron chi connectivity index (χ1n) is 6.56. The fraction of sp³-hybridized carbons (Fsp3) is 0. The number of hydrogen-bond acceptors (Lipinski definition) is 1. The number of imidazole rings is 1. The second kappa shape index (κ2) is 3.11. The molecule has 0 radical (unpaired) electrons. The van der Waals surface area contributed by atoms with Crippen LogP contribution >= 0.6 is 15.9 Å². The van der Waals surface area contributed by atoms with Crippen molar-refractivity contribution in [3.63, 3.8) is 0 Å². The maximum atomic E-state index is 7.77. The first-order valence-corrected chi connectivity index (χ1v) is 3.85. The molecule has 0 atom stereocenters. The van der Waals surface area contributed by atoms with Crippen LogP contribution in [-0.4, -0.2) is 9.55 Å². The summed E-state index contributed by atoms with van der Waals surface area (Å²) in [6.45, 7) is 0. The summed E-state index contributed by atoms with van der Waals surface area (Å²) >= 11 is 2.97. The third kappa shape index (κ3) is 1.41. The Morgan fingerprint density at radius 1 is 1.33 bits per heavy atom. The fourth-order valence-electron chi connectivity index (χ4n) is 0.697. The van der Waals surface area contributed by atoms with Crippen LogP contribution in [0.15, 0.2) is 47.3 Å². The van der Waals surface area contributed by atoms with Crippen LogP contribution in [0.5, 0.6) is 0 Å². The third-order valence-corrected chi connectivity index (χ3v) is 1.52. The Labute approximate surface area is 88.8 Å². The zero-order chi connectivity index (χ0) is 14.5. The van der Waals surface area contributed by atoms with E-state index in [1.54, 1.807) is 0 Å². The lowest BCUT2D eigenvalue weighted by molar-refractivity contribution is 1.06. The third-order valence-electron chi connectivity index (χ3n) is 1.16. The van der Waals surface area contributed by atoms with Crippen molar-refractivity contribution in [2.75, 3.05) is 0 Å². The molecule has 0 aliphatic rings. The predicted octanol–water partition coefficient (Wildman–Crippen LogP) is 2.63. The van der Waals surface area contributed by atoms with Gasteiger partial charge in [0.15, 0.2) is 0 Å². The average Bonchev–Trinajstić information content (AvgIpc) is 2.61. The molecule has 0 N–H and O–H groups in total. The zero-order valence-corrected chi connectivity index (χ0v) is 7.36. The minimum Gasteiger partial charge on any atom is -0.305 e. The Morgan fingerprint density at radius 2 is 2.08 bits per heavy atom. The standard InChI is InChI=1S/C9H7BrN2/c10-9-6-12(7-11-9)8-4-2-1-3-5-8/h1-7H/i1D,2D,3D,4D,5D,6D,7D. The van der Waals surface area contributed by atoms with Gasteiger partial charge in [-0.15, -0.1) is 0 Å². The number of rotatable bonds is 1. The number of para-hydroxylation sites is 1. The van der Waals surface area contributed by atoms with Gasteiger partial charge < -0.3 is 4.57 Å². The predicted molar refractivity (Wildman–Crippen MR) is 51.3 cm³/mol. The molecular formula is C9H7BrN2. The minimum atomic E-state index is -0.518. The zero-order valence-electron chi connectivity index (χ0n) is 12.8. The Hall–Kier alpha value is -1.09. The molecule has 1 aromatic carbocycles. The van der Waals surface area contributed by atoms with Crippen LogP contribution in [0.1, 0.15) is 9.60 Å². The van der Waals surface area contributed by atoms with Crippen LogP contribution in [0.3, 0.4) is 0 Å². The second-order valence-electron chi connectivity index (χ2n) is 1.92. The molecule has 0 unspecified atom stereocenters. The van der Waals surface area contributed by atoms with E-state index in [-0.39, 0.29) is 22.8 Å². The highest BCUT2D eigenvalue weighted by atomic mass is 79.9. The molecule has 2 nitrogen and oxygen atoms in total. The number of hydrogen-bond donors (Lipinski definition) is 0. The summed E-state index contributed by atoms with van der Waals surface area (Å²) in [4.78, 5) is 3.67. The van der Waals surface area contributed by atoms with Gasteiger partial charge in [-0.2, -0.15) is 0 Å². The summed E-state index contributed by atoms with van der Waals surface area (Å²) in [5.74, 6) is 0. The van der Waals surface area contributed by atoms with E-state index < -0.39 is 30.2 Å². The van der Waals surface area contributed by atoms with Crippen LogP contribution in [0.4, 0.5) is 0 Å². The summed E-state index contributed by atoms with van der Waals surface area (Å²) in [6, 6.07) is -2.49. The van der Waals surface area contributed by atoms with Crippen molar-refractivity contribution in [2.24, 2.45) is 0 Å². The van der Waals surface area contributed by atoms with Crippen LogP contribution in [0.2, 0.25) is 0 Å². The molecule has 0 spiro atoms. The molecule has 0 saturated heterocycles. The maximum absolute atomic E-state index is 7.77. The van der Waals surface area contributed by atoms with Crippen molar-refractivity contribution in [3.05, 3.63) is 47.3 Å². The molecule has 0 saturated carbocycles. The Bertz CT molecular complexity index is 653. The fourth-order valence-corrected chi connectivity index (χ4v) is 0.954. The van der Waals surface area contributed by atoms with E-state index >= 15 is 0 Å². The van der Waals surface area contributed by atoms with Gasteiger partial charge in [-0.25, -0.2) is 4.98 Å². The lowest BCUT2D eigenvalue weighted by Gasteiger charge is -1.98. The first kappa shape index (κ1) is 3.00. The molecule has 3 heteroatoms. The van der Waals surface area contributed by atoms with Crippen molar-refractivity contribution < 1.29 is 9.60 Å². The quantitative estimate of drug-likeness (QED) is 0.736. The molecule has 12 heavy (non-hydrogen) atoms. The van der Waals surface area contributed by atoms with Crippen LogP contribution in [-0.2, 0) is 0 Å². The molecule has 0 fully saturated rings. The lowest BCUT2D eigenvalue weighted by atomic mass is 10.3. The molecule has 2 aromatic rings. The summed E-state index contributed by atoms with van der Waals surface area (Å²) < 4.78 is 54.5. The Kier molecular flexibility index (Phi) is 0.776. The maximum Gasteiger partial charge on any atom is 0.124 e. The summed E-state index contributed by atoms with van der Waals surface area (Å²) in [5, 5.41) is 0. The summed E-state index contributed by atoms with van der Waals surface area (Å²) in [7, 11) is 0. The average molecular weight is 230 g/mol. The van der Waals surface area contributed by atoms with Crippen molar-refractivity contribution in [2.45, 2.75) is 0 Å². The number of halogens is 1. The molecule has 1 aromatic heterocycles. The van der Waals surface area contributed by atoms with Gasteiger partial charge in [0.05, 0.1) is 8.22 Å². The first-order chi connectivity index (χ1) is 8.77. The number of aromatic nitrogens is 2. The van der Waals surface area contributed by atoms with Crippen molar-refractivity contribution >= 4 is 15.9 Å². The SMILES string of the molecule is [2H]c1c([2H])c([2H])c(-n2c([2H])nc(Br)c2[2H])c([2H])c1[2H]. The van der Waals surface area contributed by atoms with Gasteiger partial charge in [-0.3, -0.25) is 0 Å². The van der Waals surface area contributed by atoms with E-state index in [0.717, 1.165) is 4.57 Å². The van der Waals surface area contributed by atoms with Crippen molar-refractivity contribution in [1.29, 1.82) is 0 Å². The van der Waals surface area contributed by atoms with Gasteiger partial charge >= 0.3 is 0 Å². The molecular weight excluding hydrogens is 216 g/mol. The van der Waals surface area contributed by atoms with E-state index in [1.165, 1.54) is 0 Å². The highest BCUT2D eigenvalue weighted by molar-refractivity contribution is 9.10. The van der Waals surface area contributed by atoms with Gasteiger partial charge in [0.2, 0.25) is 0 Å². The van der Waals surface area contributed by atoms with Gasteiger partial charge in [0.25, 0.3) is 0 Å². The van der Waals surface area contributed by atoms with Gasteiger partial charge in [0, 0.05) is 11.9 Å². The summed E-state index contributed by atoms with van der Waals surface area (Å²) in [5.41, 5.74) is -0.251. The molecule has 0 bridgehead atoms. The largest absolute Gasteiger partial charge is 0.305 e. The minimum absolute atomic E-state index is 0.0734. The Balaban J connectivity index is 2.91. The Morgan fingerprint density at radius 3 is 2.67 bits per heavy atom. The van der Waals surface area contributed by atoms with Crippen LogP contribution in [0, 0.1) is 0 Å². The van der Waals surface area contributed by atoms with Gasteiger partial charge in [-0.05, 0) is 28.0 Å². The van der Waals surface area contributed by atoms with E-state index in [0.29, 0.717) is 0 Å². The molecule has 2 rings (SSSR count). The van der Waals surface area contributed by atoms with Crippen molar-refractivity contribution in [3.8, 4) is 5.69 Å². The van der Waals surface area contributed by atoms with Crippen LogP contribution < -0.4 is 0 Å². The van der Waals surface area contributed by atoms with E-state index in [4.69, 9.17) is 9.60 Å².